The molecule has 0 aliphatic rings. The molecule has 0 aliphatic carbocycles. The first kappa shape index (κ1) is 12.4. The zero-order valence-electron chi connectivity index (χ0n) is 10.2. The molecule has 1 atom stereocenters. The Hall–Kier alpha value is -2.02. The van der Waals surface area contributed by atoms with Crippen LogP contribution in [0.25, 0.3) is 11.2 Å². The maximum atomic E-state index is 11.9. The number of nitrogens with zero attached hydrogens (tertiary/aromatic N) is 3. The Morgan fingerprint density at radius 1 is 1.50 bits per heavy atom. The highest BCUT2D eigenvalue weighted by Crippen LogP contribution is 2.14. The van der Waals surface area contributed by atoms with Crippen molar-refractivity contribution in [3.05, 3.63) is 12.7 Å². The summed E-state index contributed by atoms with van der Waals surface area (Å²) in [5.74, 6) is 0.174. The van der Waals surface area contributed by atoms with Crippen LogP contribution in [0.4, 0.5) is 5.82 Å². The van der Waals surface area contributed by atoms with E-state index in [9.17, 15) is 4.79 Å². The second-order valence-electron chi connectivity index (χ2n) is 4.06. The van der Waals surface area contributed by atoms with Gasteiger partial charge in [-0.3, -0.25) is 4.79 Å². The topological polar surface area (TPSA) is 110 Å². The minimum atomic E-state index is -0.516. The first-order valence-corrected chi connectivity index (χ1v) is 5.93. The predicted octanol–water partition coefficient (Wildman–Crippen LogP) is 0.809. The third-order valence-electron chi connectivity index (χ3n) is 2.67. The Morgan fingerprint density at radius 3 is 3.11 bits per heavy atom. The number of hydrogen-bond acceptors (Lipinski definition) is 5. The maximum Gasteiger partial charge on any atom is 0.242 e. The van der Waals surface area contributed by atoms with Gasteiger partial charge in [0.25, 0.3) is 0 Å². The number of hydrogen-bond donors (Lipinski definition) is 3. The average Bonchev–Trinajstić information content (AvgIpc) is 2.85. The van der Waals surface area contributed by atoms with Gasteiger partial charge in [0, 0.05) is 0 Å². The Morgan fingerprint density at radius 2 is 2.33 bits per heavy atom. The van der Waals surface area contributed by atoms with E-state index in [0.717, 1.165) is 12.8 Å². The molecule has 0 aromatic carbocycles. The van der Waals surface area contributed by atoms with Crippen molar-refractivity contribution < 1.29 is 4.79 Å². The van der Waals surface area contributed by atoms with Crippen molar-refractivity contribution in [2.45, 2.75) is 32.2 Å². The first-order chi connectivity index (χ1) is 8.72. The zero-order valence-corrected chi connectivity index (χ0v) is 10.2. The largest absolute Gasteiger partial charge is 0.340 e. The quantitative estimate of drug-likeness (QED) is 0.725. The summed E-state index contributed by atoms with van der Waals surface area (Å²) in [5.41, 5.74) is 6.91. The lowest BCUT2D eigenvalue weighted by Gasteiger charge is -2.11. The SMILES string of the molecule is CCCCC(N)C(=O)Nc1ncnc2nc[nH]c12. The molecule has 1 unspecified atom stereocenters. The Balaban J connectivity index is 2.09. The maximum absolute atomic E-state index is 11.9. The summed E-state index contributed by atoms with van der Waals surface area (Å²) in [6.07, 6.45) is 5.47. The number of rotatable bonds is 5. The van der Waals surface area contributed by atoms with Gasteiger partial charge in [-0.15, -0.1) is 0 Å². The van der Waals surface area contributed by atoms with Gasteiger partial charge >= 0.3 is 0 Å². The van der Waals surface area contributed by atoms with Crippen LogP contribution in [0, 0.1) is 0 Å². The van der Waals surface area contributed by atoms with E-state index in [4.69, 9.17) is 5.73 Å². The molecule has 2 aromatic heterocycles. The van der Waals surface area contributed by atoms with E-state index in [-0.39, 0.29) is 5.91 Å². The molecule has 18 heavy (non-hydrogen) atoms. The summed E-state index contributed by atoms with van der Waals surface area (Å²) >= 11 is 0. The number of aromatic amines is 1. The van der Waals surface area contributed by atoms with Gasteiger partial charge in [0.05, 0.1) is 12.4 Å². The molecule has 0 saturated carbocycles. The number of nitrogens with two attached hydrogens (primary N) is 1. The first-order valence-electron chi connectivity index (χ1n) is 5.93. The summed E-state index contributed by atoms with van der Waals surface area (Å²) in [6.45, 7) is 2.06. The second-order valence-corrected chi connectivity index (χ2v) is 4.06. The van der Waals surface area contributed by atoms with Crippen molar-refractivity contribution in [2.75, 3.05) is 5.32 Å². The molecule has 7 heteroatoms. The van der Waals surface area contributed by atoms with Crippen molar-refractivity contribution in [1.82, 2.24) is 19.9 Å². The van der Waals surface area contributed by atoms with Crippen molar-refractivity contribution in [1.29, 1.82) is 0 Å². The summed E-state index contributed by atoms with van der Waals surface area (Å²) < 4.78 is 0. The molecule has 0 radical (unpaired) electrons. The van der Waals surface area contributed by atoms with Gasteiger partial charge < -0.3 is 16.0 Å². The standard InChI is InChI=1S/C11H16N6O/c1-2-3-4-7(12)11(18)17-10-8-9(14-5-13-8)15-6-16-10/h5-7H,2-4,12H2,1H3,(H2,13,14,15,16,17,18). The average molecular weight is 248 g/mol. The van der Waals surface area contributed by atoms with Crippen LogP contribution in [-0.4, -0.2) is 31.9 Å². The van der Waals surface area contributed by atoms with Crippen LogP contribution in [0.2, 0.25) is 0 Å². The smallest absolute Gasteiger partial charge is 0.242 e. The fraction of sp³-hybridized carbons (Fsp3) is 0.455. The van der Waals surface area contributed by atoms with E-state index >= 15 is 0 Å². The lowest BCUT2D eigenvalue weighted by atomic mass is 10.1. The zero-order chi connectivity index (χ0) is 13.0. The third kappa shape index (κ3) is 2.62. The summed E-state index contributed by atoms with van der Waals surface area (Å²) in [5, 5.41) is 2.69. The number of H-pyrrole nitrogens is 1. The number of unbranched alkanes of at least 4 members (excludes halogenated alkanes) is 1. The van der Waals surface area contributed by atoms with Gasteiger partial charge in [0.15, 0.2) is 11.5 Å². The van der Waals surface area contributed by atoms with E-state index in [2.05, 4.69) is 32.2 Å². The number of aromatic nitrogens is 4. The molecule has 0 spiro atoms. The molecule has 96 valence electrons. The normalized spacial score (nSPS) is 12.6. The Labute approximate surface area is 104 Å². The van der Waals surface area contributed by atoms with Gasteiger partial charge in [-0.05, 0) is 6.42 Å². The summed E-state index contributed by atoms with van der Waals surface area (Å²) in [6, 6.07) is -0.516. The number of carbonyl (C=O) groups excluding carboxylic acids is 1. The van der Waals surface area contributed by atoms with E-state index < -0.39 is 6.04 Å². The predicted molar refractivity (Wildman–Crippen MR) is 67.8 cm³/mol. The fourth-order valence-electron chi connectivity index (χ4n) is 1.62. The molecule has 0 fully saturated rings. The van der Waals surface area contributed by atoms with Crippen molar-refractivity contribution in [3.63, 3.8) is 0 Å². The van der Waals surface area contributed by atoms with Gasteiger partial charge in [-0.1, -0.05) is 19.8 Å². The van der Waals surface area contributed by atoms with Gasteiger partial charge in [0.2, 0.25) is 5.91 Å². The minimum absolute atomic E-state index is 0.238. The van der Waals surface area contributed by atoms with Crippen molar-refractivity contribution in [3.8, 4) is 0 Å². The highest BCUT2D eigenvalue weighted by Gasteiger charge is 2.15. The number of amides is 1. The summed E-state index contributed by atoms with van der Waals surface area (Å²) in [7, 11) is 0. The van der Waals surface area contributed by atoms with E-state index in [1.807, 2.05) is 0 Å². The van der Waals surface area contributed by atoms with Gasteiger partial charge in [-0.2, -0.15) is 0 Å². The molecule has 0 aliphatic heterocycles. The van der Waals surface area contributed by atoms with E-state index in [0.29, 0.717) is 23.4 Å². The molecule has 2 aromatic rings. The lowest BCUT2D eigenvalue weighted by Crippen LogP contribution is -2.35. The van der Waals surface area contributed by atoms with Crippen molar-refractivity contribution >= 4 is 22.9 Å². The number of nitrogens with one attached hydrogen (secondary N) is 2. The van der Waals surface area contributed by atoms with Crippen LogP contribution in [0.15, 0.2) is 12.7 Å². The Kier molecular flexibility index (Phi) is 3.83. The molecular formula is C11H16N6O. The van der Waals surface area contributed by atoms with Crippen LogP contribution in [-0.2, 0) is 4.79 Å². The van der Waals surface area contributed by atoms with Crippen LogP contribution in [0.1, 0.15) is 26.2 Å². The number of carbonyl (C=O) groups is 1. The highest BCUT2D eigenvalue weighted by molar-refractivity contribution is 5.99. The number of fused-ring (bicyclic) bond motifs is 1. The minimum Gasteiger partial charge on any atom is -0.340 e. The lowest BCUT2D eigenvalue weighted by molar-refractivity contribution is -0.117. The summed E-state index contributed by atoms with van der Waals surface area (Å²) in [4.78, 5) is 26.7. The number of anilines is 1. The number of imidazole rings is 1. The molecule has 0 bridgehead atoms. The van der Waals surface area contributed by atoms with Crippen LogP contribution >= 0.6 is 0 Å². The molecular weight excluding hydrogens is 232 g/mol. The van der Waals surface area contributed by atoms with Crippen LogP contribution in [0.5, 0.6) is 0 Å². The second kappa shape index (κ2) is 5.54. The van der Waals surface area contributed by atoms with Gasteiger partial charge in [0.1, 0.15) is 11.8 Å². The molecule has 7 nitrogen and oxygen atoms in total. The fourth-order valence-corrected chi connectivity index (χ4v) is 1.62. The van der Waals surface area contributed by atoms with Gasteiger partial charge in [-0.25, -0.2) is 15.0 Å². The van der Waals surface area contributed by atoms with E-state index in [1.54, 1.807) is 0 Å². The van der Waals surface area contributed by atoms with Crippen molar-refractivity contribution in [2.24, 2.45) is 5.73 Å². The van der Waals surface area contributed by atoms with E-state index in [1.165, 1.54) is 12.7 Å². The van der Waals surface area contributed by atoms with Crippen LogP contribution in [0.3, 0.4) is 0 Å². The molecule has 2 heterocycles. The molecule has 1 amide bonds. The Bertz CT molecular complexity index is 537. The molecule has 2 rings (SSSR count). The van der Waals surface area contributed by atoms with Crippen LogP contribution < -0.4 is 11.1 Å². The highest BCUT2D eigenvalue weighted by atomic mass is 16.2. The molecule has 0 saturated heterocycles. The molecule has 4 N–H and O–H groups in total. The monoisotopic (exact) mass is 248 g/mol. The third-order valence-corrected chi connectivity index (χ3v) is 2.67.